The van der Waals surface area contributed by atoms with Gasteiger partial charge in [0.1, 0.15) is 5.76 Å². The summed E-state index contributed by atoms with van der Waals surface area (Å²) in [5, 5.41) is 12.2. The molecule has 6 nitrogen and oxygen atoms in total. The molecule has 0 saturated heterocycles. The van der Waals surface area contributed by atoms with Crippen molar-refractivity contribution in [1.82, 2.24) is 15.1 Å². The smallest absolute Gasteiger partial charge is 0.233 e. The fraction of sp³-hybridized carbons (Fsp3) is 0.174. The molecular formula is C23H22N4O2S2. The maximum atomic E-state index is 13.0. The zero-order chi connectivity index (χ0) is 21.5. The van der Waals surface area contributed by atoms with Crippen LogP contribution in [0.5, 0.6) is 0 Å². The Balaban J connectivity index is 1.39. The molecule has 2 aromatic carbocycles. The largest absolute Gasteiger partial charge is 0.467 e. The number of hydrogen-bond acceptors (Lipinski definition) is 7. The van der Waals surface area contributed by atoms with E-state index in [1.165, 1.54) is 23.1 Å². The number of nitrogens with zero attached hydrogens (tertiary/aromatic N) is 3. The molecule has 158 valence electrons. The van der Waals surface area contributed by atoms with E-state index in [9.17, 15) is 4.79 Å². The van der Waals surface area contributed by atoms with Crippen LogP contribution in [0.2, 0.25) is 0 Å². The highest BCUT2D eigenvalue weighted by atomic mass is 32.2. The van der Waals surface area contributed by atoms with Gasteiger partial charge in [0, 0.05) is 7.05 Å². The molecule has 4 aromatic rings. The Morgan fingerprint density at radius 2 is 1.71 bits per heavy atom. The van der Waals surface area contributed by atoms with E-state index in [0.29, 0.717) is 17.4 Å². The lowest BCUT2D eigenvalue weighted by Crippen LogP contribution is -2.33. The van der Waals surface area contributed by atoms with Gasteiger partial charge in [-0.1, -0.05) is 83.8 Å². The van der Waals surface area contributed by atoms with Crippen molar-refractivity contribution >= 4 is 34.1 Å². The summed E-state index contributed by atoms with van der Waals surface area (Å²) in [6.07, 6.45) is 1.64. The average Bonchev–Trinajstić information content (AvgIpc) is 3.49. The fourth-order valence-corrected chi connectivity index (χ4v) is 4.87. The number of thioether (sulfide) groups is 1. The van der Waals surface area contributed by atoms with Crippen molar-refractivity contribution in [2.75, 3.05) is 18.1 Å². The summed E-state index contributed by atoms with van der Waals surface area (Å²) in [5.41, 5.74) is 2.16. The first-order valence-corrected chi connectivity index (χ1v) is 11.6. The Kier molecular flexibility index (Phi) is 7.01. The van der Waals surface area contributed by atoms with E-state index in [2.05, 4.69) is 39.8 Å². The minimum absolute atomic E-state index is 0.0306. The van der Waals surface area contributed by atoms with Crippen molar-refractivity contribution < 1.29 is 9.21 Å². The van der Waals surface area contributed by atoms with Gasteiger partial charge >= 0.3 is 0 Å². The molecule has 0 unspecified atom stereocenters. The van der Waals surface area contributed by atoms with Crippen LogP contribution in [-0.2, 0) is 11.3 Å². The molecule has 4 rings (SSSR count). The summed E-state index contributed by atoms with van der Waals surface area (Å²) >= 11 is 2.83. The topological polar surface area (TPSA) is 71.3 Å². The molecule has 0 aliphatic heterocycles. The van der Waals surface area contributed by atoms with Crippen LogP contribution in [0.15, 0.2) is 87.8 Å². The molecular weight excluding hydrogens is 428 g/mol. The van der Waals surface area contributed by atoms with E-state index in [4.69, 9.17) is 4.42 Å². The van der Waals surface area contributed by atoms with E-state index in [0.717, 1.165) is 21.2 Å². The molecule has 0 saturated carbocycles. The van der Waals surface area contributed by atoms with E-state index in [1.807, 2.05) is 55.6 Å². The molecule has 0 fully saturated rings. The molecule has 2 heterocycles. The molecule has 0 bridgehead atoms. The van der Waals surface area contributed by atoms with Gasteiger partial charge in [-0.15, -0.1) is 10.2 Å². The highest BCUT2D eigenvalue weighted by molar-refractivity contribution is 8.01. The standard InChI is InChI=1S/C23H22N4O2S2/c1-27(21(17-9-4-2-5-10-17)18-11-6-3-7-12-18)20(28)16-30-23-26-25-22(31-23)24-15-19-13-8-14-29-19/h2-14,21H,15-16H2,1H3,(H,24,25). The van der Waals surface area contributed by atoms with Gasteiger partial charge in [0.05, 0.1) is 24.6 Å². The molecule has 8 heteroatoms. The Morgan fingerprint density at radius 3 is 2.32 bits per heavy atom. The first-order chi connectivity index (χ1) is 15.2. The SMILES string of the molecule is CN(C(=O)CSc1nnc(NCc2ccco2)s1)C(c1ccccc1)c1ccccc1. The Bertz CT molecular complexity index is 1050. The number of furan rings is 1. The summed E-state index contributed by atoms with van der Waals surface area (Å²) in [5.74, 6) is 1.15. The van der Waals surface area contributed by atoms with E-state index >= 15 is 0 Å². The molecule has 31 heavy (non-hydrogen) atoms. The number of carbonyl (C=O) groups is 1. The first kappa shape index (κ1) is 21.1. The second-order valence-electron chi connectivity index (χ2n) is 6.82. The second kappa shape index (κ2) is 10.3. The Hall–Kier alpha value is -3.10. The fourth-order valence-electron chi connectivity index (χ4n) is 3.20. The third kappa shape index (κ3) is 5.53. The van der Waals surface area contributed by atoms with Gasteiger partial charge in [0.15, 0.2) is 4.34 Å². The number of hydrogen-bond donors (Lipinski definition) is 1. The number of aromatic nitrogens is 2. The van der Waals surface area contributed by atoms with Crippen molar-refractivity contribution in [2.24, 2.45) is 0 Å². The van der Waals surface area contributed by atoms with Gasteiger partial charge in [0.2, 0.25) is 11.0 Å². The average molecular weight is 451 g/mol. The van der Waals surface area contributed by atoms with E-state index in [1.54, 1.807) is 11.2 Å². The zero-order valence-electron chi connectivity index (χ0n) is 17.0. The lowest BCUT2D eigenvalue weighted by molar-refractivity contribution is -0.128. The van der Waals surface area contributed by atoms with Gasteiger partial charge in [-0.05, 0) is 23.3 Å². The van der Waals surface area contributed by atoms with Gasteiger partial charge in [-0.25, -0.2) is 0 Å². The summed E-state index contributed by atoms with van der Waals surface area (Å²) in [6, 6.07) is 23.8. The van der Waals surface area contributed by atoms with Gasteiger partial charge in [-0.2, -0.15) is 0 Å². The van der Waals surface area contributed by atoms with Crippen LogP contribution < -0.4 is 5.32 Å². The molecule has 0 spiro atoms. The number of nitrogens with one attached hydrogen (secondary N) is 1. The molecule has 0 aliphatic carbocycles. The lowest BCUT2D eigenvalue weighted by atomic mass is 9.97. The van der Waals surface area contributed by atoms with Crippen molar-refractivity contribution in [3.05, 3.63) is 95.9 Å². The van der Waals surface area contributed by atoms with Crippen molar-refractivity contribution in [3.8, 4) is 0 Å². The van der Waals surface area contributed by atoms with Crippen LogP contribution in [0.25, 0.3) is 0 Å². The van der Waals surface area contributed by atoms with Crippen LogP contribution in [0.1, 0.15) is 22.9 Å². The summed E-state index contributed by atoms with van der Waals surface area (Å²) in [6.45, 7) is 0.545. The molecule has 1 amide bonds. The van der Waals surface area contributed by atoms with E-state index < -0.39 is 0 Å². The van der Waals surface area contributed by atoms with Crippen molar-refractivity contribution in [1.29, 1.82) is 0 Å². The van der Waals surface area contributed by atoms with Gasteiger partial charge < -0.3 is 14.6 Å². The monoisotopic (exact) mass is 450 g/mol. The van der Waals surface area contributed by atoms with Crippen LogP contribution >= 0.6 is 23.1 Å². The van der Waals surface area contributed by atoms with Crippen molar-refractivity contribution in [3.63, 3.8) is 0 Å². The number of anilines is 1. The third-order valence-electron chi connectivity index (χ3n) is 4.73. The normalized spacial score (nSPS) is 10.9. The highest BCUT2D eigenvalue weighted by Crippen LogP contribution is 2.30. The Morgan fingerprint density at radius 1 is 1.03 bits per heavy atom. The van der Waals surface area contributed by atoms with Crippen LogP contribution in [-0.4, -0.2) is 33.8 Å². The van der Waals surface area contributed by atoms with Gasteiger partial charge in [0.25, 0.3) is 0 Å². The van der Waals surface area contributed by atoms with Crippen LogP contribution in [0, 0.1) is 0 Å². The predicted octanol–water partition coefficient (Wildman–Crippen LogP) is 5.08. The van der Waals surface area contributed by atoms with Crippen LogP contribution in [0.4, 0.5) is 5.13 Å². The maximum absolute atomic E-state index is 13.0. The van der Waals surface area contributed by atoms with Crippen molar-refractivity contribution in [2.45, 2.75) is 16.9 Å². The third-order valence-corrected chi connectivity index (χ3v) is 6.73. The van der Waals surface area contributed by atoms with Gasteiger partial charge in [-0.3, -0.25) is 4.79 Å². The number of carbonyl (C=O) groups excluding carboxylic acids is 1. The number of amides is 1. The molecule has 0 atom stereocenters. The second-order valence-corrected chi connectivity index (χ2v) is 9.02. The maximum Gasteiger partial charge on any atom is 0.233 e. The summed E-state index contributed by atoms with van der Waals surface area (Å²) in [4.78, 5) is 14.8. The highest BCUT2D eigenvalue weighted by Gasteiger charge is 2.23. The minimum Gasteiger partial charge on any atom is -0.467 e. The first-order valence-electron chi connectivity index (χ1n) is 9.79. The lowest BCUT2D eigenvalue weighted by Gasteiger charge is -2.29. The summed E-state index contributed by atoms with van der Waals surface area (Å²) < 4.78 is 6.05. The minimum atomic E-state index is -0.143. The molecule has 0 aliphatic rings. The molecule has 2 aromatic heterocycles. The predicted molar refractivity (Wildman–Crippen MR) is 124 cm³/mol. The quantitative estimate of drug-likeness (QED) is 0.359. The van der Waals surface area contributed by atoms with Crippen LogP contribution in [0.3, 0.4) is 0 Å². The molecule has 0 radical (unpaired) electrons. The van der Waals surface area contributed by atoms with E-state index in [-0.39, 0.29) is 11.9 Å². The number of rotatable bonds is 9. The zero-order valence-corrected chi connectivity index (χ0v) is 18.6. The number of benzene rings is 2. The summed E-state index contributed by atoms with van der Waals surface area (Å²) in [7, 11) is 1.85. The molecule has 1 N–H and O–H groups in total. The Labute approximate surface area is 189 Å².